The minimum atomic E-state index is 0.0597. The number of hydrogen-bond acceptors (Lipinski definition) is 5. The van der Waals surface area contributed by atoms with Gasteiger partial charge in [0.05, 0.1) is 18.2 Å². The van der Waals surface area contributed by atoms with Gasteiger partial charge in [-0.05, 0) is 50.2 Å². The molecule has 2 bridgehead atoms. The zero-order chi connectivity index (χ0) is 18.3. The molecule has 1 spiro atoms. The van der Waals surface area contributed by atoms with Gasteiger partial charge < -0.3 is 10.1 Å². The van der Waals surface area contributed by atoms with Gasteiger partial charge in [-0.1, -0.05) is 12.5 Å². The van der Waals surface area contributed by atoms with Gasteiger partial charge in [0.25, 0.3) is 0 Å². The minimum Gasteiger partial charge on any atom is -0.370 e. The number of thiophene rings is 1. The number of nitrogens with zero attached hydrogens (tertiary/aromatic N) is 2. The molecule has 6 heteroatoms. The van der Waals surface area contributed by atoms with Crippen molar-refractivity contribution in [2.45, 2.75) is 50.4 Å². The number of carbonyl (C=O) groups is 1. The first-order valence-electron chi connectivity index (χ1n) is 10.6. The fourth-order valence-corrected chi connectivity index (χ4v) is 6.66. The lowest BCUT2D eigenvalue weighted by atomic mass is 9.73. The maximum atomic E-state index is 12.4. The third-order valence-electron chi connectivity index (χ3n) is 7.16. The van der Waals surface area contributed by atoms with E-state index in [9.17, 15) is 4.79 Å². The minimum absolute atomic E-state index is 0.0597. The molecule has 4 fully saturated rings. The molecule has 4 atom stereocenters. The van der Waals surface area contributed by atoms with Crippen molar-refractivity contribution >= 4 is 17.2 Å². The molecule has 4 aliphatic heterocycles. The van der Waals surface area contributed by atoms with Crippen molar-refractivity contribution in [2.75, 3.05) is 39.3 Å². The first-order chi connectivity index (χ1) is 13.2. The molecule has 0 unspecified atom stereocenters. The first kappa shape index (κ1) is 18.1. The Morgan fingerprint density at radius 1 is 1.30 bits per heavy atom. The molecule has 0 saturated carbocycles. The van der Waals surface area contributed by atoms with Crippen molar-refractivity contribution < 1.29 is 9.53 Å². The molecule has 0 aromatic carbocycles. The Labute approximate surface area is 166 Å². The van der Waals surface area contributed by atoms with Crippen molar-refractivity contribution in [3.63, 3.8) is 0 Å². The monoisotopic (exact) mass is 389 g/mol. The summed E-state index contributed by atoms with van der Waals surface area (Å²) in [6, 6.07) is 4.37. The fourth-order valence-electron chi connectivity index (χ4n) is 5.91. The number of ether oxygens (including phenoxy) is 1. The van der Waals surface area contributed by atoms with Crippen molar-refractivity contribution in [3.05, 3.63) is 22.4 Å². The number of amides is 1. The maximum Gasteiger partial charge on any atom is 0.234 e. The smallest absolute Gasteiger partial charge is 0.234 e. The molecule has 5 nitrogen and oxygen atoms in total. The van der Waals surface area contributed by atoms with E-state index in [0.717, 1.165) is 45.7 Å². The van der Waals surface area contributed by atoms with E-state index in [1.54, 1.807) is 0 Å². The Hall–Kier alpha value is -0.950. The Kier molecular flexibility index (Phi) is 5.01. The van der Waals surface area contributed by atoms with Crippen LogP contribution in [0.5, 0.6) is 0 Å². The van der Waals surface area contributed by atoms with E-state index in [1.165, 1.54) is 30.6 Å². The molecule has 148 valence electrons. The lowest BCUT2D eigenvalue weighted by Gasteiger charge is -2.30. The van der Waals surface area contributed by atoms with Gasteiger partial charge in [0.15, 0.2) is 0 Å². The van der Waals surface area contributed by atoms with Gasteiger partial charge in [0.1, 0.15) is 0 Å². The number of fused-ring (bicyclic) bond motifs is 1. The number of rotatable bonds is 6. The molecule has 4 aliphatic rings. The normalized spacial score (nSPS) is 36.2. The standard InChI is InChI=1S/C21H31N3O2S/c25-20(14-23-8-2-1-3-9-23)22-11-17-18-13-24(12-16-5-4-10-27-16)15-21(18)7-6-19(17)26-21/h4-5,10,17-19H,1-3,6-9,11-15H2,(H,22,25)/t17-,18+,19+,21+/m0/s1. The van der Waals surface area contributed by atoms with Crippen LogP contribution in [-0.2, 0) is 16.1 Å². The summed E-state index contributed by atoms with van der Waals surface area (Å²) in [5, 5.41) is 5.41. The molecule has 0 radical (unpaired) electrons. The molecule has 1 N–H and O–H groups in total. The number of hydrogen-bond donors (Lipinski definition) is 1. The van der Waals surface area contributed by atoms with Crippen LogP contribution in [0.25, 0.3) is 0 Å². The Balaban J connectivity index is 1.16. The SMILES string of the molecule is O=C(CN1CCCCC1)NC[C@H]1[C@H]2CN(Cc3cccs3)C[C@]23CC[C@H]1O3. The Morgan fingerprint density at radius 2 is 2.19 bits per heavy atom. The molecule has 1 amide bonds. The van der Waals surface area contributed by atoms with Gasteiger partial charge in [-0.15, -0.1) is 11.3 Å². The van der Waals surface area contributed by atoms with Crippen LogP contribution in [0.3, 0.4) is 0 Å². The topological polar surface area (TPSA) is 44.8 Å². The maximum absolute atomic E-state index is 12.4. The van der Waals surface area contributed by atoms with Crippen LogP contribution in [0, 0.1) is 11.8 Å². The molecule has 1 aromatic heterocycles. The second-order valence-corrected chi connectivity index (χ2v) is 9.95. The third-order valence-corrected chi connectivity index (χ3v) is 8.03. The molecule has 0 aliphatic carbocycles. The summed E-state index contributed by atoms with van der Waals surface area (Å²) in [5.41, 5.74) is 0.0597. The average Bonchev–Trinajstić information content (AvgIpc) is 3.42. The van der Waals surface area contributed by atoms with Crippen LogP contribution in [0.2, 0.25) is 0 Å². The summed E-state index contributed by atoms with van der Waals surface area (Å²) in [5.74, 6) is 1.26. The quantitative estimate of drug-likeness (QED) is 0.811. The van der Waals surface area contributed by atoms with E-state index in [2.05, 4.69) is 32.6 Å². The van der Waals surface area contributed by atoms with Crippen molar-refractivity contribution in [1.29, 1.82) is 0 Å². The van der Waals surface area contributed by atoms with Crippen LogP contribution in [0.1, 0.15) is 37.0 Å². The second-order valence-electron chi connectivity index (χ2n) is 8.92. The first-order valence-corrected chi connectivity index (χ1v) is 11.5. The highest BCUT2D eigenvalue weighted by atomic mass is 32.1. The third kappa shape index (κ3) is 3.57. The van der Waals surface area contributed by atoms with Crippen molar-refractivity contribution in [3.8, 4) is 0 Å². The lowest BCUT2D eigenvalue weighted by Crippen LogP contribution is -2.45. The Morgan fingerprint density at radius 3 is 3.00 bits per heavy atom. The fraction of sp³-hybridized carbons (Fsp3) is 0.762. The number of piperidine rings is 1. The summed E-state index contributed by atoms with van der Waals surface area (Å²) in [7, 11) is 0. The predicted molar refractivity (Wildman–Crippen MR) is 107 cm³/mol. The summed E-state index contributed by atoms with van der Waals surface area (Å²) >= 11 is 1.84. The largest absolute Gasteiger partial charge is 0.370 e. The van der Waals surface area contributed by atoms with E-state index in [4.69, 9.17) is 4.74 Å². The van der Waals surface area contributed by atoms with Gasteiger partial charge in [0, 0.05) is 42.9 Å². The zero-order valence-electron chi connectivity index (χ0n) is 16.1. The molecule has 4 saturated heterocycles. The van der Waals surface area contributed by atoms with E-state index in [0.29, 0.717) is 24.5 Å². The second kappa shape index (κ2) is 7.47. The highest BCUT2D eigenvalue weighted by Gasteiger charge is 2.62. The van der Waals surface area contributed by atoms with E-state index in [1.807, 2.05) is 11.3 Å². The van der Waals surface area contributed by atoms with Gasteiger partial charge >= 0.3 is 0 Å². The zero-order valence-corrected chi connectivity index (χ0v) is 16.9. The van der Waals surface area contributed by atoms with Crippen LogP contribution in [-0.4, -0.2) is 66.7 Å². The number of nitrogens with one attached hydrogen (secondary N) is 1. The summed E-state index contributed by atoms with van der Waals surface area (Å²) in [6.45, 7) is 6.72. The highest BCUT2D eigenvalue weighted by molar-refractivity contribution is 7.09. The number of likely N-dealkylation sites (tertiary alicyclic amines) is 2. The van der Waals surface area contributed by atoms with E-state index < -0.39 is 0 Å². The molecule has 27 heavy (non-hydrogen) atoms. The van der Waals surface area contributed by atoms with Gasteiger partial charge in [-0.25, -0.2) is 0 Å². The van der Waals surface area contributed by atoms with Crippen molar-refractivity contribution in [1.82, 2.24) is 15.1 Å². The van der Waals surface area contributed by atoms with Crippen LogP contribution < -0.4 is 5.32 Å². The van der Waals surface area contributed by atoms with Crippen LogP contribution in [0.4, 0.5) is 0 Å². The van der Waals surface area contributed by atoms with Crippen LogP contribution >= 0.6 is 11.3 Å². The molecular formula is C21H31N3O2S. The Bertz CT molecular complexity index is 660. The molecule has 5 rings (SSSR count). The molecule has 5 heterocycles. The molecule has 1 aromatic rings. The lowest BCUT2D eigenvalue weighted by molar-refractivity contribution is -0.122. The van der Waals surface area contributed by atoms with Crippen LogP contribution in [0.15, 0.2) is 17.5 Å². The van der Waals surface area contributed by atoms with Crippen molar-refractivity contribution in [2.24, 2.45) is 11.8 Å². The summed E-state index contributed by atoms with van der Waals surface area (Å²) in [6.07, 6.45) is 6.49. The molecular weight excluding hydrogens is 358 g/mol. The summed E-state index contributed by atoms with van der Waals surface area (Å²) < 4.78 is 6.53. The number of carbonyl (C=O) groups excluding carboxylic acids is 1. The van der Waals surface area contributed by atoms with Gasteiger partial charge in [-0.2, -0.15) is 0 Å². The average molecular weight is 390 g/mol. The van der Waals surface area contributed by atoms with Gasteiger partial charge in [0.2, 0.25) is 5.91 Å². The summed E-state index contributed by atoms with van der Waals surface area (Å²) in [4.78, 5) is 18.7. The van der Waals surface area contributed by atoms with E-state index >= 15 is 0 Å². The highest BCUT2D eigenvalue weighted by Crippen LogP contribution is 2.54. The van der Waals surface area contributed by atoms with Gasteiger partial charge in [-0.3, -0.25) is 14.6 Å². The predicted octanol–water partition coefficient (Wildman–Crippen LogP) is 2.33. The van der Waals surface area contributed by atoms with E-state index in [-0.39, 0.29) is 11.5 Å².